The van der Waals surface area contributed by atoms with Crippen molar-refractivity contribution in [1.29, 1.82) is 0 Å². The van der Waals surface area contributed by atoms with Gasteiger partial charge in [-0.2, -0.15) is 0 Å². The van der Waals surface area contributed by atoms with E-state index in [0.29, 0.717) is 25.3 Å². The molecular formula is C17H33N3O2. The smallest absolute Gasteiger partial charge is 0.222 e. The molecule has 0 aromatic rings. The SMILES string of the molecule is CCCC(=O)NCC1CCCN(C(=O)CCCCCCN)C1. The summed E-state index contributed by atoms with van der Waals surface area (Å²) in [5, 5.41) is 2.99. The monoisotopic (exact) mass is 311 g/mol. The number of nitrogens with one attached hydrogen (secondary N) is 1. The highest BCUT2D eigenvalue weighted by atomic mass is 16.2. The molecule has 0 saturated carbocycles. The number of hydrogen-bond donors (Lipinski definition) is 2. The van der Waals surface area contributed by atoms with Gasteiger partial charge in [-0.05, 0) is 44.6 Å². The topological polar surface area (TPSA) is 75.4 Å². The van der Waals surface area contributed by atoms with Crippen LogP contribution in [-0.2, 0) is 9.59 Å². The van der Waals surface area contributed by atoms with E-state index in [0.717, 1.165) is 64.6 Å². The summed E-state index contributed by atoms with van der Waals surface area (Å²) in [4.78, 5) is 25.7. The van der Waals surface area contributed by atoms with Crippen LogP contribution in [0.1, 0.15) is 64.7 Å². The van der Waals surface area contributed by atoms with Crippen LogP contribution in [0.4, 0.5) is 0 Å². The van der Waals surface area contributed by atoms with E-state index in [9.17, 15) is 9.59 Å². The third kappa shape index (κ3) is 7.78. The Hall–Kier alpha value is -1.10. The first-order valence-electron chi connectivity index (χ1n) is 8.92. The van der Waals surface area contributed by atoms with Crippen LogP contribution in [-0.4, -0.2) is 42.9 Å². The van der Waals surface area contributed by atoms with Gasteiger partial charge in [0.1, 0.15) is 0 Å². The van der Waals surface area contributed by atoms with Gasteiger partial charge in [-0.25, -0.2) is 0 Å². The molecule has 1 fully saturated rings. The Morgan fingerprint density at radius 2 is 1.95 bits per heavy atom. The number of carbonyl (C=O) groups excluding carboxylic acids is 2. The second-order valence-corrected chi connectivity index (χ2v) is 6.35. The highest BCUT2D eigenvalue weighted by Gasteiger charge is 2.23. The van der Waals surface area contributed by atoms with Crippen molar-refractivity contribution in [2.24, 2.45) is 11.7 Å². The summed E-state index contributed by atoms with van der Waals surface area (Å²) in [6.45, 7) is 5.13. The maximum absolute atomic E-state index is 12.2. The van der Waals surface area contributed by atoms with Crippen molar-refractivity contribution < 1.29 is 9.59 Å². The highest BCUT2D eigenvalue weighted by Crippen LogP contribution is 2.17. The number of carbonyl (C=O) groups is 2. The molecule has 0 aromatic heterocycles. The van der Waals surface area contributed by atoms with Gasteiger partial charge < -0.3 is 16.0 Å². The Labute approximate surface area is 135 Å². The standard InChI is InChI=1S/C17H33N3O2/c1-2-8-16(21)19-13-15-9-7-12-20(14-15)17(22)10-5-3-4-6-11-18/h15H,2-14,18H2,1H3,(H,19,21). The normalized spacial score (nSPS) is 18.3. The van der Waals surface area contributed by atoms with E-state index in [1.54, 1.807) is 0 Å². The average Bonchev–Trinajstić information content (AvgIpc) is 2.53. The molecule has 1 aliphatic heterocycles. The van der Waals surface area contributed by atoms with Crippen LogP contribution in [0.2, 0.25) is 0 Å². The van der Waals surface area contributed by atoms with Crippen LogP contribution in [0, 0.1) is 5.92 Å². The number of likely N-dealkylation sites (tertiary alicyclic amines) is 1. The second kappa shape index (κ2) is 11.5. The molecule has 1 unspecified atom stereocenters. The fourth-order valence-corrected chi connectivity index (χ4v) is 2.96. The summed E-state index contributed by atoms with van der Waals surface area (Å²) >= 11 is 0. The lowest BCUT2D eigenvalue weighted by Crippen LogP contribution is -2.43. The van der Waals surface area contributed by atoms with Crippen LogP contribution < -0.4 is 11.1 Å². The van der Waals surface area contributed by atoms with Crippen molar-refractivity contribution in [3.05, 3.63) is 0 Å². The van der Waals surface area contributed by atoms with E-state index >= 15 is 0 Å². The number of nitrogens with zero attached hydrogens (tertiary/aromatic N) is 1. The number of piperidine rings is 1. The van der Waals surface area contributed by atoms with Crippen molar-refractivity contribution in [3.63, 3.8) is 0 Å². The highest BCUT2D eigenvalue weighted by molar-refractivity contribution is 5.76. The molecule has 1 saturated heterocycles. The van der Waals surface area contributed by atoms with Crippen LogP contribution in [0.25, 0.3) is 0 Å². The van der Waals surface area contributed by atoms with Crippen molar-refractivity contribution in [1.82, 2.24) is 10.2 Å². The summed E-state index contributed by atoms with van der Waals surface area (Å²) in [7, 11) is 0. The first-order valence-corrected chi connectivity index (χ1v) is 8.92. The van der Waals surface area contributed by atoms with Gasteiger partial charge in [0.25, 0.3) is 0 Å². The molecule has 0 bridgehead atoms. The van der Waals surface area contributed by atoms with Gasteiger partial charge in [-0.1, -0.05) is 19.8 Å². The zero-order valence-electron chi connectivity index (χ0n) is 14.1. The molecule has 0 spiro atoms. The van der Waals surface area contributed by atoms with Crippen molar-refractivity contribution in [3.8, 4) is 0 Å². The van der Waals surface area contributed by atoms with Gasteiger partial charge in [0.05, 0.1) is 0 Å². The molecule has 0 aliphatic carbocycles. The Morgan fingerprint density at radius 1 is 1.18 bits per heavy atom. The predicted octanol–water partition coefficient (Wildman–Crippen LogP) is 2.05. The Bertz CT molecular complexity index is 334. The number of rotatable bonds is 10. The van der Waals surface area contributed by atoms with Crippen molar-refractivity contribution >= 4 is 11.8 Å². The minimum Gasteiger partial charge on any atom is -0.356 e. The average molecular weight is 311 g/mol. The van der Waals surface area contributed by atoms with E-state index in [-0.39, 0.29) is 11.8 Å². The Balaban J connectivity index is 2.21. The molecule has 5 nitrogen and oxygen atoms in total. The lowest BCUT2D eigenvalue weighted by atomic mass is 9.97. The molecule has 128 valence electrons. The molecule has 22 heavy (non-hydrogen) atoms. The summed E-state index contributed by atoms with van der Waals surface area (Å²) in [6, 6.07) is 0. The third-order valence-electron chi connectivity index (χ3n) is 4.28. The van der Waals surface area contributed by atoms with Crippen LogP contribution in [0.15, 0.2) is 0 Å². The van der Waals surface area contributed by atoms with E-state index in [1.165, 1.54) is 0 Å². The van der Waals surface area contributed by atoms with Gasteiger partial charge in [0.15, 0.2) is 0 Å². The number of nitrogens with two attached hydrogens (primary N) is 1. The van der Waals surface area contributed by atoms with Crippen LogP contribution >= 0.6 is 0 Å². The second-order valence-electron chi connectivity index (χ2n) is 6.35. The fourth-order valence-electron chi connectivity index (χ4n) is 2.96. The number of amides is 2. The van der Waals surface area contributed by atoms with Crippen LogP contribution in [0.3, 0.4) is 0 Å². The summed E-state index contributed by atoms with van der Waals surface area (Å²) < 4.78 is 0. The maximum Gasteiger partial charge on any atom is 0.222 e. The minimum absolute atomic E-state index is 0.130. The lowest BCUT2D eigenvalue weighted by molar-refractivity contribution is -0.133. The maximum atomic E-state index is 12.2. The minimum atomic E-state index is 0.130. The molecule has 0 radical (unpaired) electrons. The zero-order valence-corrected chi connectivity index (χ0v) is 14.1. The van der Waals surface area contributed by atoms with Crippen LogP contribution in [0.5, 0.6) is 0 Å². The molecular weight excluding hydrogens is 278 g/mol. The first kappa shape index (κ1) is 18.9. The summed E-state index contributed by atoms with van der Waals surface area (Å²) in [5.41, 5.74) is 5.47. The fraction of sp³-hybridized carbons (Fsp3) is 0.882. The summed E-state index contributed by atoms with van der Waals surface area (Å²) in [5.74, 6) is 0.818. The number of hydrogen-bond acceptors (Lipinski definition) is 3. The molecule has 1 rings (SSSR count). The van der Waals surface area contributed by atoms with E-state index in [2.05, 4.69) is 5.32 Å². The molecule has 3 N–H and O–H groups in total. The van der Waals surface area contributed by atoms with Gasteiger partial charge >= 0.3 is 0 Å². The van der Waals surface area contributed by atoms with E-state index < -0.39 is 0 Å². The Kier molecular flexibility index (Phi) is 9.87. The molecule has 5 heteroatoms. The quantitative estimate of drug-likeness (QED) is 0.606. The van der Waals surface area contributed by atoms with E-state index in [1.807, 2.05) is 11.8 Å². The molecule has 2 amide bonds. The van der Waals surface area contributed by atoms with Crippen molar-refractivity contribution in [2.75, 3.05) is 26.2 Å². The molecule has 1 aliphatic rings. The molecule has 0 aromatic carbocycles. The van der Waals surface area contributed by atoms with Gasteiger partial charge in [-0.15, -0.1) is 0 Å². The number of unbranched alkanes of at least 4 members (excludes halogenated alkanes) is 3. The first-order chi connectivity index (χ1) is 10.7. The van der Waals surface area contributed by atoms with Gasteiger partial charge in [0, 0.05) is 32.5 Å². The third-order valence-corrected chi connectivity index (χ3v) is 4.28. The molecule has 1 atom stereocenters. The zero-order chi connectivity index (χ0) is 16.2. The molecule has 1 heterocycles. The lowest BCUT2D eigenvalue weighted by Gasteiger charge is -2.33. The largest absolute Gasteiger partial charge is 0.356 e. The predicted molar refractivity (Wildman–Crippen MR) is 89.4 cm³/mol. The summed E-state index contributed by atoms with van der Waals surface area (Å²) in [6.07, 6.45) is 8.51. The van der Waals surface area contributed by atoms with Crippen molar-refractivity contribution in [2.45, 2.75) is 64.7 Å². The van der Waals surface area contributed by atoms with Gasteiger partial charge in [0.2, 0.25) is 11.8 Å². The Morgan fingerprint density at radius 3 is 2.68 bits per heavy atom. The van der Waals surface area contributed by atoms with Gasteiger partial charge in [-0.3, -0.25) is 9.59 Å². The van der Waals surface area contributed by atoms with E-state index in [4.69, 9.17) is 5.73 Å².